The summed E-state index contributed by atoms with van der Waals surface area (Å²) in [7, 11) is 1.42. The molecule has 1 fully saturated rings. The van der Waals surface area contributed by atoms with E-state index in [9.17, 15) is 4.79 Å². The summed E-state index contributed by atoms with van der Waals surface area (Å²) >= 11 is 0. The highest BCUT2D eigenvalue weighted by Gasteiger charge is 2.40. The van der Waals surface area contributed by atoms with Gasteiger partial charge in [0.1, 0.15) is 5.54 Å². The highest BCUT2D eigenvalue weighted by Crippen LogP contribution is 2.25. The Hall–Kier alpha value is -0.610. The second-order valence-corrected chi connectivity index (χ2v) is 5.64. The summed E-state index contributed by atoms with van der Waals surface area (Å²) in [6, 6.07) is 0.437. The molecule has 0 radical (unpaired) electrons. The van der Waals surface area contributed by atoms with Crippen molar-refractivity contribution in [2.75, 3.05) is 13.7 Å². The van der Waals surface area contributed by atoms with Crippen LogP contribution in [0.5, 0.6) is 0 Å². The van der Waals surface area contributed by atoms with Crippen molar-refractivity contribution in [1.29, 1.82) is 0 Å². The molecule has 4 heteroatoms. The molecule has 17 heavy (non-hydrogen) atoms. The molecule has 1 N–H and O–H groups in total. The number of carbonyl (C=O) groups is 1. The molecule has 0 aromatic rings. The number of hydrogen-bond donors (Lipinski definition) is 1. The summed E-state index contributed by atoms with van der Waals surface area (Å²) in [6.07, 6.45) is 3.17. The van der Waals surface area contributed by atoms with E-state index in [4.69, 9.17) is 9.47 Å². The number of ether oxygens (including phenoxy) is 2. The fourth-order valence-electron chi connectivity index (χ4n) is 1.50. The van der Waals surface area contributed by atoms with Crippen LogP contribution in [0.3, 0.4) is 0 Å². The molecular formula is C13H25NO3. The molecule has 0 aliphatic heterocycles. The lowest BCUT2D eigenvalue weighted by Crippen LogP contribution is -2.55. The molecule has 0 amide bonds. The van der Waals surface area contributed by atoms with Gasteiger partial charge in [0.15, 0.2) is 0 Å². The van der Waals surface area contributed by atoms with E-state index in [1.165, 1.54) is 7.11 Å². The molecule has 1 unspecified atom stereocenters. The van der Waals surface area contributed by atoms with Gasteiger partial charge in [-0.3, -0.25) is 5.32 Å². The number of nitrogens with one attached hydrogen (secondary N) is 1. The van der Waals surface area contributed by atoms with E-state index in [1.807, 2.05) is 20.8 Å². The van der Waals surface area contributed by atoms with E-state index >= 15 is 0 Å². The zero-order valence-electron chi connectivity index (χ0n) is 11.6. The van der Waals surface area contributed by atoms with Gasteiger partial charge < -0.3 is 9.47 Å². The quantitative estimate of drug-likeness (QED) is 0.694. The van der Waals surface area contributed by atoms with Crippen LogP contribution in [0.4, 0.5) is 0 Å². The molecule has 1 aliphatic rings. The Morgan fingerprint density at radius 3 is 2.35 bits per heavy atom. The van der Waals surface area contributed by atoms with Crippen LogP contribution >= 0.6 is 0 Å². The third-order valence-corrected chi connectivity index (χ3v) is 3.34. The van der Waals surface area contributed by atoms with Crippen molar-refractivity contribution in [1.82, 2.24) is 5.32 Å². The maximum absolute atomic E-state index is 11.8. The Balaban J connectivity index is 2.59. The SMILES string of the molecule is CCC(C)(C)OCC(C)(NC1CC1)C(=O)OC. The largest absolute Gasteiger partial charge is 0.468 e. The Kier molecular flexibility index (Phi) is 4.55. The average molecular weight is 243 g/mol. The van der Waals surface area contributed by atoms with Gasteiger partial charge in [-0.2, -0.15) is 0 Å². The van der Waals surface area contributed by atoms with Gasteiger partial charge in [0.25, 0.3) is 0 Å². The molecule has 0 heterocycles. The first kappa shape index (κ1) is 14.5. The fraction of sp³-hybridized carbons (Fsp3) is 0.923. The van der Waals surface area contributed by atoms with Crippen LogP contribution in [0, 0.1) is 0 Å². The van der Waals surface area contributed by atoms with Gasteiger partial charge in [0.05, 0.1) is 19.3 Å². The molecular weight excluding hydrogens is 218 g/mol. The molecule has 1 rings (SSSR count). The third-order valence-electron chi connectivity index (χ3n) is 3.34. The van der Waals surface area contributed by atoms with Crippen LogP contribution in [0.15, 0.2) is 0 Å². The summed E-state index contributed by atoms with van der Waals surface area (Å²) in [6.45, 7) is 8.33. The van der Waals surface area contributed by atoms with Gasteiger partial charge in [-0.05, 0) is 40.0 Å². The molecule has 1 aliphatic carbocycles. The Morgan fingerprint density at radius 2 is 1.94 bits per heavy atom. The number of esters is 1. The standard InChI is InChI=1S/C13H25NO3/c1-6-12(2,3)17-9-13(4,11(15)16-5)14-10-7-8-10/h10,14H,6-9H2,1-5H3. The molecule has 1 saturated carbocycles. The number of hydrogen-bond acceptors (Lipinski definition) is 4. The molecule has 100 valence electrons. The van der Waals surface area contributed by atoms with Crippen LogP contribution < -0.4 is 5.32 Å². The summed E-state index contributed by atoms with van der Waals surface area (Å²) < 4.78 is 10.7. The molecule has 0 saturated heterocycles. The predicted molar refractivity (Wildman–Crippen MR) is 66.9 cm³/mol. The second-order valence-electron chi connectivity index (χ2n) is 5.64. The van der Waals surface area contributed by atoms with Gasteiger partial charge in [0, 0.05) is 6.04 Å². The predicted octanol–water partition coefficient (Wildman–Crippen LogP) is 1.88. The fourth-order valence-corrected chi connectivity index (χ4v) is 1.50. The molecule has 0 bridgehead atoms. The van der Waals surface area contributed by atoms with Gasteiger partial charge in [-0.15, -0.1) is 0 Å². The lowest BCUT2D eigenvalue weighted by atomic mass is 10.0. The van der Waals surface area contributed by atoms with Gasteiger partial charge in [-0.1, -0.05) is 6.92 Å². The number of carbonyl (C=O) groups excluding carboxylic acids is 1. The maximum atomic E-state index is 11.8. The zero-order valence-corrected chi connectivity index (χ0v) is 11.6. The summed E-state index contributed by atoms with van der Waals surface area (Å²) in [5, 5.41) is 3.32. The Bertz CT molecular complexity index is 274. The molecule has 0 aromatic carbocycles. The van der Waals surface area contributed by atoms with Crippen molar-refractivity contribution in [3.05, 3.63) is 0 Å². The summed E-state index contributed by atoms with van der Waals surface area (Å²) in [5.41, 5.74) is -0.942. The van der Waals surface area contributed by atoms with Crippen LogP contribution in [0.1, 0.15) is 47.0 Å². The first-order valence-electron chi connectivity index (χ1n) is 6.33. The van der Waals surface area contributed by atoms with Gasteiger partial charge in [-0.25, -0.2) is 4.79 Å². The monoisotopic (exact) mass is 243 g/mol. The maximum Gasteiger partial charge on any atom is 0.328 e. The van der Waals surface area contributed by atoms with E-state index in [0.717, 1.165) is 19.3 Å². The highest BCUT2D eigenvalue weighted by molar-refractivity contribution is 5.80. The third kappa shape index (κ3) is 4.28. The molecule has 4 nitrogen and oxygen atoms in total. The normalized spacial score (nSPS) is 19.8. The summed E-state index contributed by atoms with van der Waals surface area (Å²) in [5.74, 6) is -0.253. The summed E-state index contributed by atoms with van der Waals surface area (Å²) in [4.78, 5) is 11.8. The second kappa shape index (κ2) is 5.36. The molecule has 0 aromatic heterocycles. The molecule has 0 spiro atoms. The Labute approximate surface area is 104 Å². The number of rotatable bonds is 7. The van der Waals surface area contributed by atoms with E-state index in [-0.39, 0.29) is 11.6 Å². The van der Waals surface area contributed by atoms with E-state index in [0.29, 0.717) is 12.6 Å². The molecule has 1 atom stereocenters. The van der Waals surface area contributed by atoms with Crippen LogP contribution in [-0.4, -0.2) is 36.9 Å². The average Bonchev–Trinajstić information content (AvgIpc) is 3.09. The van der Waals surface area contributed by atoms with Crippen molar-refractivity contribution in [2.45, 2.75) is 64.1 Å². The van der Waals surface area contributed by atoms with Gasteiger partial charge >= 0.3 is 5.97 Å². The lowest BCUT2D eigenvalue weighted by Gasteiger charge is -2.32. The van der Waals surface area contributed by atoms with E-state index in [2.05, 4.69) is 12.2 Å². The van der Waals surface area contributed by atoms with Crippen molar-refractivity contribution < 1.29 is 14.3 Å². The first-order chi connectivity index (χ1) is 7.83. The van der Waals surface area contributed by atoms with Gasteiger partial charge in [0.2, 0.25) is 0 Å². The number of methoxy groups -OCH3 is 1. The first-order valence-corrected chi connectivity index (χ1v) is 6.33. The minimum Gasteiger partial charge on any atom is -0.468 e. The van der Waals surface area contributed by atoms with Crippen LogP contribution in [0.25, 0.3) is 0 Å². The highest BCUT2D eigenvalue weighted by atomic mass is 16.5. The minimum absolute atomic E-state index is 0.208. The smallest absolute Gasteiger partial charge is 0.328 e. The Morgan fingerprint density at radius 1 is 1.35 bits per heavy atom. The van der Waals surface area contributed by atoms with Crippen LogP contribution in [0.2, 0.25) is 0 Å². The van der Waals surface area contributed by atoms with Crippen LogP contribution in [-0.2, 0) is 14.3 Å². The van der Waals surface area contributed by atoms with Crippen molar-refractivity contribution in [3.63, 3.8) is 0 Å². The van der Waals surface area contributed by atoms with Crippen molar-refractivity contribution in [2.24, 2.45) is 0 Å². The minimum atomic E-state index is -0.734. The van der Waals surface area contributed by atoms with E-state index in [1.54, 1.807) is 0 Å². The zero-order chi connectivity index (χ0) is 13.1. The topological polar surface area (TPSA) is 47.6 Å². The van der Waals surface area contributed by atoms with Crippen molar-refractivity contribution in [3.8, 4) is 0 Å². The lowest BCUT2D eigenvalue weighted by molar-refractivity contribution is -0.154. The van der Waals surface area contributed by atoms with E-state index < -0.39 is 5.54 Å². The van der Waals surface area contributed by atoms with Crippen molar-refractivity contribution >= 4 is 5.97 Å².